The van der Waals surface area contributed by atoms with E-state index in [0.717, 1.165) is 30.4 Å². The summed E-state index contributed by atoms with van der Waals surface area (Å²) in [6.45, 7) is 0. The summed E-state index contributed by atoms with van der Waals surface area (Å²) in [7, 11) is 1.92. The maximum absolute atomic E-state index is 13.1. The van der Waals surface area contributed by atoms with Gasteiger partial charge in [-0.1, -0.05) is 60.7 Å². The van der Waals surface area contributed by atoms with Crippen LogP contribution in [0.2, 0.25) is 0 Å². The number of aryl methyl sites for hydroxylation is 1. The first-order valence-electron chi connectivity index (χ1n) is 9.42. The second-order valence-corrected chi connectivity index (χ2v) is 7.44. The summed E-state index contributed by atoms with van der Waals surface area (Å²) in [4.78, 5) is 13.1. The number of nitrogens with zero attached hydrogens (tertiary/aromatic N) is 3. The Morgan fingerprint density at radius 1 is 1.07 bits per heavy atom. The summed E-state index contributed by atoms with van der Waals surface area (Å²) in [6.07, 6.45) is 6.71. The quantitative estimate of drug-likeness (QED) is 0.710. The van der Waals surface area contributed by atoms with Gasteiger partial charge in [0.15, 0.2) is 0 Å². The van der Waals surface area contributed by atoms with Crippen molar-refractivity contribution in [1.82, 2.24) is 9.78 Å². The number of hydrogen-bond acceptors (Lipinski definition) is 2. The number of nitrogens with two attached hydrogens (primary N) is 1. The molecule has 138 valence electrons. The minimum atomic E-state index is -0.819. The fourth-order valence-electron chi connectivity index (χ4n) is 4.73. The molecule has 1 heterocycles. The van der Waals surface area contributed by atoms with Gasteiger partial charge in [-0.05, 0) is 36.3 Å². The Morgan fingerprint density at radius 2 is 1.67 bits per heavy atom. The van der Waals surface area contributed by atoms with Gasteiger partial charge in [0.25, 0.3) is 6.33 Å². The highest BCUT2D eigenvalue weighted by molar-refractivity contribution is 5.91. The normalized spacial score (nSPS) is 19.9. The van der Waals surface area contributed by atoms with E-state index >= 15 is 0 Å². The average molecular weight is 361 g/mol. The van der Waals surface area contributed by atoms with Crippen molar-refractivity contribution in [2.45, 2.75) is 30.7 Å². The molecular formula is C22H25N4O+. The van der Waals surface area contributed by atoms with Gasteiger partial charge in [-0.15, -0.1) is 4.68 Å². The van der Waals surface area contributed by atoms with Crippen molar-refractivity contribution in [3.05, 3.63) is 84.4 Å². The highest BCUT2D eigenvalue weighted by Gasteiger charge is 2.50. The Labute approximate surface area is 159 Å². The van der Waals surface area contributed by atoms with E-state index in [1.165, 1.54) is 0 Å². The zero-order valence-corrected chi connectivity index (χ0v) is 15.5. The molecule has 1 aromatic heterocycles. The Hall–Kier alpha value is -2.95. The molecule has 0 spiro atoms. The third-order valence-corrected chi connectivity index (χ3v) is 5.95. The van der Waals surface area contributed by atoms with Gasteiger partial charge in [-0.3, -0.25) is 4.79 Å². The first-order chi connectivity index (χ1) is 13.1. The molecule has 2 atom stereocenters. The van der Waals surface area contributed by atoms with Crippen molar-refractivity contribution in [1.29, 1.82) is 0 Å². The second kappa shape index (κ2) is 6.99. The van der Waals surface area contributed by atoms with Crippen LogP contribution in [0.5, 0.6) is 0 Å². The summed E-state index contributed by atoms with van der Waals surface area (Å²) in [6, 6.07) is 20.3. The SMILES string of the molecule is Cn1c[n+](C2CCC(C(C(N)=O)(c3ccccc3)c3ccccc3)C2)cn1. The van der Waals surface area contributed by atoms with Crippen LogP contribution in [0, 0.1) is 5.92 Å². The molecule has 0 saturated heterocycles. The molecule has 0 aliphatic heterocycles. The Balaban J connectivity index is 1.80. The molecule has 1 aliphatic carbocycles. The topological polar surface area (TPSA) is 64.8 Å². The van der Waals surface area contributed by atoms with E-state index in [1.807, 2.05) is 85.0 Å². The number of primary amides is 1. The van der Waals surface area contributed by atoms with Crippen LogP contribution in [0.4, 0.5) is 0 Å². The Morgan fingerprint density at radius 3 is 2.15 bits per heavy atom. The van der Waals surface area contributed by atoms with E-state index in [4.69, 9.17) is 5.73 Å². The largest absolute Gasteiger partial charge is 0.369 e. The lowest BCUT2D eigenvalue weighted by atomic mass is 9.64. The minimum Gasteiger partial charge on any atom is -0.369 e. The smallest absolute Gasteiger partial charge is 0.265 e. The van der Waals surface area contributed by atoms with Crippen molar-refractivity contribution in [3.63, 3.8) is 0 Å². The first kappa shape index (κ1) is 17.5. The molecule has 4 rings (SSSR count). The molecule has 1 amide bonds. The molecule has 1 fully saturated rings. The highest BCUT2D eigenvalue weighted by Crippen LogP contribution is 2.48. The number of hydrogen-bond donors (Lipinski definition) is 1. The predicted octanol–water partition coefficient (Wildman–Crippen LogP) is 2.52. The summed E-state index contributed by atoms with van der Waals surface area (Å²) in [5.41, 5.74) is 7.28. The Bertz CT molecular complexity index is 880. The fraction of sp³-hybridized carbons (Fsp3) is 0.318. The molecule has 1 aliphatic rings. The lowest BCUT2D eigenvalue weighted by Crippen LogP contribution is -2.48. The van der Waals surface area contributed by atoms with E-state index in [9.17, 15) is 4.79 Å². The van der Waals surface area contributed by atoms with Gasteiger partial charge in [-0.25, -0.2) is 4.57 Å². The lowest BCUT2D eigenvalue weighted by Gasteiger charge is -2.37. The Kier molecular flexibility index (Phi) is 4.52. The highest BCUT2D eigenvalue weighted by atomic mass is 16.1. The molecule has 5 nitrogen and oxygen atoms in total. The summed E-state index contributed by atoms with van der Waals surface area (Å²) in [5, 5.41) is 4.29. The van der Waals surface area contributed by atoms with Gasteiger partial charge in [0.1, 0.15) is 5.41 Å². The number of carbonyl (C=O) groups excluding carboxylic acids is 1. The van der Waals surface area contributed by atoms with E-state index in [-0.39, 0.29) is 11.8 Å². The second-order valence-electron chi connectivity index (χ2n) is 7.44. The van der Waals surface area contributed by atoms with Gasteiger partial charge >= 0.3 is 0 Å². The van der Waals surface area contributed by atoms with Crippen LogP contribution in [-0.2, 0) is 17.3 Å². The van der Waals surface area contributed by atoms with E-state index in [1.54, 1.807) is 0 Å². The van der Waals surface area contributed by atoms with E-state index < -0.39 is 5.41 Å². The molecule has 5 heteroatoms. The van der Waals surface area contributed by atoms with Crippen LogP contribution in [0.3, 0.4) is 0 Å². The third kappa shape index (κ3) is 2.93. The number of benzene rings is 2. The van der Waals surface area contributed by atoms with Crippen molar-refractivity contribution in [2.24, 2.45) is 18.7 Å². The third-order valence-electron chi connectivity index (χ3n) is 5.95. The van der Waals surface area contributed by atoms with Gasteiger partial charge in [0.2, 0.25) is 12.2 Å². The molecule has 3 aromatic rings. The standard InChI is InChI=1S/C22H24N4O/c1-25-16-26(15-24-25)20-13-12-19(14-20)22(21(23)27,17-8-4-2-5-9-17)18-10-6-3-7-11-18/h2-11,15-16,19-20H,12-14H2,1H3,(H-,23,27)/p+1. The van der Waals surface area contributed by atoms with Crippen molar-refractivity contribution >= 4 is 5.91 Å². The van der Waals surface area contributed by atoms with E-state index in [0.29, 0.717) is 6.04 Å². The minimum absolute atomic E-state index is 0.137. The molecule has 2 unspecified atom stereocenters. The molecule has 1 saturated carbocycles. The predicted molar refractivity (Wildman–Crippen MR) is 103 cm³/mol. The molecule has 2 aromatic carbocycles. The van der Waals surface area contributed by atoms with Crippen LogP contribution in [-0.4, -0.2) is 15.7 Å². The number of amides is 1. The van der Waals surface area contributed by atoms with E-state index in [2.05, 4.69) is 9.67 Å². The molecule has 0 bridgehead atoms. The van der Waals surface area contributed by atoms with Crippen molar-refractivity contribution in [3.8, 4) is 0 Å². The number of aromatic nitrogens is 3. The van der Waals surface area contributed by atoms with Gasteiger partial charge in [-0.2, -0.15) is 0 Å². The van der Waals surface area contributed by atoms with Crippen molar-refractivity contribution in [2.75, 3.05) is 0 Å². The first-order valence-corrected chi connectivity index (χ1v) is 9.42. The van der Waals surface area contributed by atoms with Crippen LogP contribution >= 0.6 is 0 Å². The van der Waals surface area contributed by atoms with Gasteiger partial charge in [0.05, 0.1) is 13.1 Å². The maximum atomic E-state index is 13.1. The summed E-state index contributed by atoms with van der Waals surface area (Å²) >= 11 is 0. The van der Waals surface area contributed by atoms with Crippen LogP contribution in [0.1, 0.15) is 36.4 Å². The van der Waals surface area contributed by atoms with Gasteiger partial charge in [0, 0.05) is 5.10 Å². The van der Waals surface area contributed by atoms with Gasteiger partial charge < -0.3 is 5.73 Å². The fourth-order valence-corrected chi connectivity index (χ4v) is 4.73. The van der Waals surface area contributed by atoms with Crippen LogP contribution in [0.15, 0.2) is 73.3 Å². The summed E-state index contributed by atoms with van der Waals surface area (Å²) in [5.74, 6) is -0.140. The maximum Gasteiger partial charge on any atom is 0.265 e. The lowest BCUT2D eigenvalue weighted by molar-refractivity contribution is -0.722. The number of carbonyl (C=O) groups is 1. The van der Waals surface area contributed by atoms with Crippen LogP contribution < -0.4 is 10.3 Å². The average Bonchev–Trinajstić information content (AvgIpc) is 3.33. The summed E-state index contributed by atoms with van der Waals surface area (Å²) < 4.78 is 3.96. The zero-order chi connectivity index (χ0) is 18.9. The van der Waals surface area contributed by atoms with Crippen LogP contribution in [0.25, 0.3) is 0 Å². The molecular weight excluding hydrogens is 336 g/mol. The molecule has 27 heavy (non-hydrogen) atoms. The molecule has 0 radical (unpaired) electrons. The number of rotatable bonds is 5. The zero-order valence-electron chi connectivity index (χ0n) is 15.5. The molecule has 2 N–H and O–H groups in total. The monoisotopic (exact) mass is 361 g/mol. The van der Waals surface area contributed by atoms with Crippen molar-refractivity contribution < 1.29 is 9.36 Å².